The monoisotopic (exact) mass is 188 g/mol. The Morgan fingerprint density at radius 1 is 1.27 bits per heavy atom. The van der Waals surface area contributed by atoms with Crippen LogP contribution in [0.3, 0.4) is 0 Å². The van der Waals surface area contributed by atoms with Gasteiger partial charge in [0.1, 0.15) is 6.29 Å². The molecule has 0 unspecified atom stereocenters. The predicted molar refractivity (Wildman–Crippen MR) is 54.9 cm³/mol. The van der Waals surface area contributed by atoms with Gasteiger partial charge < -0.3 is 0 Å². The molecular formula is C8H12OS2. The molecule has 0 bridgehead atoms. The van der Waals surface area contributed by atoms with E-state index in [0.29, 0.717) is 0 Å². The van der Waals surface area contributed by atoms with E-state index < -0.39 is 0 Å². The van der Waals surface area contributed by atoms with Gasteiger partial charge in [-0.2, -0.15) is 0 Å². The minimum atomic E-state index is 0.793. The lowest BCUT2D eigenvalue weighted by atomic mass is 10.3. The van der Waals surface area contributed by atoms with Gasteiger partial charge in [0, 0.05) is 4.24 Å². The lowest BCUT2D eigenvalue weighted by molar-refractivity contribution is -0.104. The first-order valence-electron chi connectivity index (χ1n) is 3.17. The van der Waals surface area contributed by atoms with E-state index in [0.717, 1.165) is 11.9 Å². The van der Waals surface area contributed by atoms with E-state index in [2.05, 4.69) is 0 Å². The van der Waals surface area contributed by atoms with Crippen molar-refractivity contribution in [3.8, 4) is 0 Å². The van der Waals surface area contributed by atoms with Gasteiger partial charge in [0.15, 0.2) is 0 Å². The summed E-state index contributed by atoms with van der Waals surface area (Å²) in [4.78, 5) is 9.99. The third-order valence-corrected chi connectivity index (χ3v) is 3.50. The molecule has 0 radical (unpaired) electrons. The molecule has 0 saturated carbocycles. The van der Waals surface area contributed by atoms with Crippen molar-refractivity contribution in [1.82, 2.24) is 0 Å². The molecule has 0 saturated heterocycles. The van der Waals surface area contributed by atoms with Crippen LogP contribution in [0.1, 0.15) is 6.92 Å². The summed E-state index contributed by atoms with van der Waals surface area (Å²) >= 11 is 3.41. The first kappa shape index (κ1) is 10.8. The predicted octanol–water partition coefficient (Wildman–Crippen LogP) is 2.70. The minimum Gasteiger partial charge on any atom is -0.299 e. The quantitative estimate of drug-likeness (QED) is 0.383. The van der Waals surface area contributed by atoms with E-state index in [-0.39, 0.29) is 0 Å². The Labute approximate surface area is 76.3 Å². The van der Waals surface area contributed by atoms with Crippen LogP contribution in [-0.2, 0) is 4.79 Å². The maximum Gasteiger partial charge on any atom is 0.142 e. The van der Waals surface area contributed by atoms with E-state index in [1.165, 1.54) is 10.3 Å². The zero-order valence-corrected chi connectivity index (χ0v) is 8.59. The molecule has 0 spiro atoms. The lowest BCUT2D eigenvalue weighted by Gasteiger charge is -2.00. The molecule has 0 amide bonds. The summed E-state index contributed by atoms with van der Waals surface area (Å²) in [7, 11) is 0. The SMILES string of the molecule is CSC(SC)=C(C)/C=C/C=O. The normalized spacial score (nSPS) is 10.1. The number of thioether (sulfide) groups is 2. The molecule has 0 rings (SSSR count). The third-order valence-electron chi connectivity index (χ3n) is 1.12. The summed E-state index contributed by atoms with van der Waals surface area (Å²) < 4.78 is 1.25. The molecule has 0 aliphatic heterocycles. The molecule has 3 heteroatoms. The lowest BCUT2D eigenvalue weighted by Crippen LogP contribution is -1.74. The second-order valence-corrected chi connectivity index (χ2v) is 3.77. The Morgan fingerprint density at radius 3 is 2.18 bits per heavy atom. The van der Waals surface area contributed by atoms with Gasteiger partial charge in [-0.3, -0.25) is 4.79 Å². The van der Waals surface area contributed by atoms with Crippen molar-refractivity contribution in [2.24, 2.45) is 0 Å². The molecule has 0 aromatic rings. The Kier molecular flexibility index (Phi) is 6.46. The molecule has 0 aromatic heterocycles. The van der Waals surface area contributed by atoms with Gasteiger partial charge in [-0.05, 0) is 31.1 Å². The van der Waals surface area contributed by atoms with Crippen LogP contribution in [0.25, 0.3) is 0 Å². The number of carbonyl (C=O) groups is 1. The molecule has 11 heavy (non-hydrogen) atoms. The second kappa shape index (κ2) is 6.55. The summed E-state index contributed by atoms with van der Waals surface area (Å²) in [5.41, 5.74) is 1.15. The summed E-state index contributed by atoms with van der Waals surface area (Å²) in [6.45, 7) is 2.00. The third kappa shape index (κ3) is 4.32. The number of allylic oxidation sites excluding steroid dienone is 3. The highest BCUT2D eigenvalue weighted by Crippen LogP contribution is 2.27. The highest BCUT2D eigenvalue weighted by Gasteiger charge is 1.94. The van der Waals surface area contributed by atoms with Crippen LogP contribution in [0.2, 0.25) is 0 Å². The van der Waals surface area contributed by atoms with E-state index in [4.69, 9.17) is 0 Å². The summed E-state index contributed by atoms with van der Waals surface area (Å²) in [5.74, 6) is 0. The van der Waals surface area contributed by atoms with Crippen molar-refractivity contribution in [2.75, 3.05) is 12.5 Å². The highest BCUT2D eigenvalue weighted by molar-refractivity contribution is 8.21. The number of rotatable bonds is 4. The topological polar surface area (TPSA) is 17.1 Å². The van der Waals surface area contributed by atoms with Crippen LogP contribution in [0.15, 0.2) is 22.0 Å². The van der Waals surface area contributed by atoms with E-state index in [1.807, 2.05) is 25.5 Å². The van der Waals surface area contributed by atoms with Gasteiger partial charge in [0.25, 0.3) is 0 Å². The van der Waals surface area contributed by atoms with Crippen molar-refractivity contribution < 1.29 is 4.79 Å². The zero-order valence-electron chi connectivity index (χ0n) is 6.96. The van der Waals surface area contributed by atoms with Crippen molar-refractivity contribution >= 4 is 29.8 Å². The standard InChI is InChI=1S/C8H12OS2/c1-7(5-4-6-9)8(10-2)11-3/h4-6H,1-3H3/b5-4+. The number of carbonyl (C=O) groups excluding carboxylic acids is 1. The van der Waals surface area contributed by atoms with Crippen LogP contribution in [0, 0.1) is 0 Å². The molecule has 0 heterocycles. The maximum atomic E-state index is 9.99. The number of hydrogen-bond acceptors (Lipinski definition) is 3. The van der Waals surface area contributed by atoms with Crippen molar-refractivity contribution in [3.05, 3.63) is 22.0 Å². The average Bonchev–Trinajstić information content (AvgIpc) is 2.03. The van der Waals surface area contributed by atoms with Crippen molar-refractivity contribution in [1.29, 1.82) is 0 Å². The number of aldehydes is 1. The van der Waals surface area contributed by atoms with Crippen molar-refractivity contribution in [3.63, 3.8) is 0 Å². The van der Waals surface area contributed by atoms with Gasteiger partial charge in [0.2, 0.25) is 0 Å². The summed E-state index contributed by atoms with van der Waals surface area (Å²) in [5, 5.41) is 0. The summed E-state index contributed by atoms with van der Waals surface area (Å²) in [6, 6.07) is 0. The van der Waals surface area contributed by atoms with Crippen LogP contribution in [0.5, 0.6) is 0 Å². The largest absolute Gasteiger partial charge is 0.299 e. The van der Waals surface area contributed by atoms with Gasteiger partial charge in [-0.25, -0.2) is 0 Å². The highest BCUT2D eigenvalue weighted by atomic mass is 32.2. The van der Waals surface area contributed by atoms with Crippen LogP contribution in [-0.4, -0.2) is 18.8 Å². The maximum absolute atomic E-state index is 9.99. The second-order valence-electron chi connectivity index (χ2n) is 1.87. The molecular weight excluding hydrogens is 176 g/mol. The van der Waals surface area contributed by atoms with Gasteiger partial charge in [0.05, 0.1) is 0 Å². The number of hydrogen-bond donors (Lipinski definition) is 0. The van der Waals surface area contributed by atoms with Gasteiger partial charge in [-0.15, -0.1) is 23.5 Å². The molecule has 0 N–H and O–H groups in total. The molecule has 1 nitrogen and oxygen atoms in total. The summed E-state index contributed by atoms with van der Waals surface area (Å²) in [6.07, 6.45) is 8.20. The van der Waals surface area contributed by atoms with Gasteiger partial charge in [-0.1, -0.05) is 6.08 Å². The van der Waals surface area contributed by atoms with Crippen LogP contribution >= 0.6 is 23.5 Å². The van der Waals surface area contributed by atoms with Gasteiger partial charge >= 0.3 is 0 Å². The van der Waals surface area contributed by atoms with E-state index >= 15 is 0 Å². The fourth-order valence-corrected chi connectivity index (χ4v) is 2.10. The fraction of sp³-hybridized carbons (Fsp3) is 0.375. The molecule has 0 aliphatic carbocycles. The molecule has 0 aromatic carbocycles. The Balaban J connectivity index is 4.34. The minimum absolute atomic E-state index is 0.793. The van der Waals surface area contributed by atoms with Crippen molar-refractivity contribution in [2.45, 2.75) is 6.92 Å². The fourth-order valence-electron chi connectivity index (χ4n) is 0.657. The first-order chi connectivity index (χ1) is 5.26. The van der Waals surface area contributed by atoms with E-state index in [9.17, 15) is 4.79 Å². The van der Waals surface area contributed by atoms with Crippen LogP contribution in [0.4, 0.5) is 0 Å². The smallest absolute Gasteiger partial charge is 0.142 e. The van der Waals surface area contributed by atoms with Crippen LogP contribution < -0.4 is 0 Å². The molecule has 0 fully saturated rings. The molecule has 0 aliphatic rings. The average molecular weight is 188 g/mol. The van der Waals surface area contributed by atoms with E-state index in [1.54, 1.807) is 23.5 Å². The Hall–Kier alpha value is -0.150. The molecule has 62 valence electrons. The first-order valence-corrected chi connectivity index (χ1v) is 5.62. The zero-order chi connectivity index (χ0) is 8.69. The Bertz CT molecular complexity index is 177. The molecule has 0 atom stereocenters. The Morgan fingerprint density at radius 2 is 1.82 bits per heavy atom.